The lowest BCUT2D eigenvalue weighted by Crippen LogP contribution is -2.35. The normalized spacial score (nSPS) is 14.2. The molecule has 0 aromatic heterocycles. The van der Waals surface area contributed by atoms with Gasteiger partial charge in [0.2, 0.25) is 0 Å². The summed E-state index contributed by atoms with van der Waals surface area (Å²) in [5, 5.41) is 2.78. The van der Waals surface area contributed by atoms with Crippen molar-refractivity contribution in [1.82, 2.24) is 0 Å². The van der Waals surface area contributed by atoms with Crippen molar-refractivity contribution in [2.75, 3.05) is 16.8 Å². The van der Waals surface area contributed by atoms with Crippen LogP contribution in [0.15, 0.2) is 42.5 Å². The summed E-state index contributed by atoms with van der Waals surface area (Å²) in [6, 6.07) is 11.9. The number of carbonyl (C=O) groups excluding carboxylic acids is 1. The molecule has 0 aliphatic carbocycles. The third kappa shape index (κ3) is 3.07. The molecule has 1 aliphatic heterocycles. The van der Waals surface area contributed by atoms with Crippen molar-refractivity contribution in [3.05, 3.63) is 58.9 Å². The second-order valence-electron chi connectivity index (χ2n) is 5.30. The van der Waals surface area contributed by atoms with Crippen molar-refractivity contribution in [1.29, 1.82) is 0 Å². The first kappa shape index (κ1) is 14.9. The molecule has 0 radical (unpaired) electrons. The van der Waals surface area contributed by atoms with Gasteiger partial charge in [0.1, 0.15) is 5.82 Å². The highest BCUT2D eigenvalue weighted by Crippen LogP contribution is 2.27. The summed E-state index contributed by atoms with van der Waals surface area (Å²) in [5.41, 5.74) is 2.59. The maximum atomic E-state index is 13.2. The molecule has 2 aromatic rings. The number of para-hydroxylation sites is 1. The van der Waals surface area contributed by atoms with E-state index < -0.39 is 5.82 Å². The van der Waals surface area contributed by atoms with E-state index in [9.17, 15) is 9.18 Å². The number of nitrogens with one attached hydrogen (secondary N) is 1. The topological polar surface area (TPSA) is 32.3 Å². The first-order valence-electron chi connectivity index (χ1n) is 7.26. The molecule has 5 heteroatoms. The Morgan fingerprint density at radius 3 is 2.82 bits per heavy atom. The number of urea groups is 1. The molecule has 3 rings (SSSR count). The summed E-state index contributed by atoms with van der Waals surface area (Å²) < 4.78 is 13.2. The van der Waals surface area contributed by atoms with Crippen molar-refractivity contribution < 1.29 is 9.18 Å². The number of fused-ring (bicyclic) bond motifs is 1. The molecule has 1 aliphatic rings. The molecular formula is C17H16ClFN2O. The van der Waals surface area contributed by atoms with Crippen LogP contribution in [0.25, 0.3) is 0 Å². The highest BCUT2D eigenvalue weighted by atomic mass is 35.5. The molecule has 2 amide bonds. The zero-order valence-electron chi connectivity index (χ0n) is 12.0. The lowest BCUT2D eigenvalue weighted by Gasteiger charge is -2.23. The van der Waals surface area contributed by atoms with Gasteiger partial charge in [-0.1, -0.05) is 29.8 Å². The average Bonchev–Trinajstić information content (AvgIpc) is 2.73. The molecule has 0 bridgehead atoms. The van der Waals surface area contributed by atoms with Crippen LogP contribution < -0.4 is 10.2 Å². The van der Waals surface area contributed by atoms with Gasteiger partial charge in [-0.15, -0.1) is 0 Å². The van der Waals surface area contributed by atoms with Crippen LogP contribution in [-0.4, -0.2) is 12.6 Å². The van der Waals surface area contributed by atoms with Gasteiger partial charge in [-0.25, -0.2) is 9.18 Å². The number of nitrogens with zero attached hydrogens (tertiary/aromatic N) is 1. The Kier molecular flexibility index (Phi) is 4.29. The zero-order valence-corrected chi connectivity index (χ0v) is 12.7. The Balaban J connectivity index is 1.84. The van der Waals surface area contributed by atoms with Crippen LogP contribution in [-0.2, 0) is 6.42 Å². The predicted molar refractivity (Wildman–Crippen MR) is 87.2 cm³/mol. The van der Waals surface area contributed by atoms with Gasteiger partial charge in [-0.2, -0.15) is 0 Å². The van der Waals surface area contributed by atoms with E-state index in [-0.39, 0.29) is 11.1 Å². The minimum atomic E-state index is -0.500. The minimum absolute atomic E-state index is 0.00549. The summed E-state index contributed by atoms with van der Waals surface area (Å²) in [6.45, 7) is 0.664. The highest BCUT2D eigenvalue weighted by Gasteiger charge is 2.21. The monoisotopic (exact) mass is 318 g/mol. The van der Waals surface area contributed by atoms with Gasteiger partial charge in [0.05, 0.1) is 5.02 Å². The van der Waals surface area contributed by atoms with Gasteiger partial charge in [0.15, 0.2) is 0 Å². The Morgan fingerprint density at radius 1 is 1.18 bits per heavy atom. The summed E-state index contributed by atoms with van der Waals surface area (Å²) >= 11 is 5.75. The Labute approximate surface area is 133 Å². The number of benzene rings is 2. The maximum absolute atomic E-state index is 13.2. The van der Waals surface area contributed by atoms with Gasteiger partial charge >= 0.3 is 6.03 Å². The molecule has 0 saturated carbocycles. The molecule has 3 nitrogen and oxygen atoms in total. The fraction of sp³-hybridized carbons (Fsp3) is 0.235. The van der Waals surface area contributed by atoms with Crippen molar-refractivity contribution in [2.24, 2.45) is 0 Å². The minimum Gasteiger partial charge on any atom is -0.307 e. The highest BCUT2D eigenvalue weighted by molar-refractivity contribution is 6.31. The second-order valence-corrected chi connectivity index (χ2v) is 5.70. The molecule has 0 atom stereocenters. The van der Waals surface area contributed by atoms with Gasteiger partial charge in [-0.05, 0) is 49.1 Å². The fourth-order valence-electron chi connectivity index (χ4n) is 2.67. The van der Waals surface area contributed by atoms with Crippen molar-refractivity contribution in [3.8, 4) is 0 Å². The number of carbonyl (C=O) groups is 1. The lowest BCUT2D eigenvalue weighted by molar-refractivity contribution is 0.257. The smallest absolute Gasteiger partial charge is 0.307 e. The largest absolute Gasteiger partial charge is 0.326 e. The summed E-state index contributed by atoms with van der Waals surface area (Å²) in [4.78, 5) is 14.3. The van der Waals surface area contributed by atoms with Crippen molar-refractivity contribution in [2.45, 2.75) is 19.3 Å². The second kappa shape index (κ2) is 6.36. The Hall–Kier alpha value is -2.07. The Bertz CT molecular complexity index is 705. The zero-order chi connectivity index (χ0) is 15.5. The van der Waals surface area contributed by atoms with Crippen LogP contribution in [0.1, 0.15) is 18.4 Å². The summed E-state index contributed by atoms with van der Waals surface area (Å²) in [7, 11) is 0. The quantitative estimate of drug-likeness (QED) is 0.800. The molecule has 114 valence electrons. The SMILES string of the molecule is O=C(Nc1ccc(F)c(Cl)c1)N1CCCCc2ccccc21. The molecular weight excluding hydrogens is 303 g/mol. The van der Waals surface area contributed by atoms with Gasteiger partial charge in [0.25, 0.3) is 0 Å². The van der Waals surface area contributed by atoms with Crippen LogP contribution in [0, 0.1) is 5.82 Å². The molecule has 1 heterocycles. The van der Waals surface area contributed by atoms with Crippen LogP contribution in [0.2, 0.25) is 5.02 Å². The van der Waals surface area contributed by atoms with Crippen LogP contribution in [0.5, 0.6) is 0 Å². The third-order valence-electron chi connectivity index (χ3n) is 3.78. The lowest BCUT2D eigenvalue weighted by atomic mass is 10.1. The predicted octanol–water partition coefficient (Wildman–Crippen LogP) is 4.85. The van der Waals surface area contributed by atoms with Crippen LogP contribution in [0.4, 0.5) is 20.6 Å². The number of rotatable bonds is 1. The fourth-order valence-corrected chi connectivity index (χ4v) is 2.85. The maximum Gasteiger partial charge on any atom is 0.326 e. The first-order chi connectivity index (χ1) is 10.6. The molecule has 2 aromatic carbocycles. The van der Waals surface area contributed by atoms with E-state index in [1.807, 2.05) is 18.2 Å². The van der Waals surface area contributed by atoms with Crippen molar-refractivity contribution in [3.63, 3.8) is 0 Å². The molecule has 22 heavy (non-hydrogen) atoms. The van der Waals surface area contributed by atoms with Gasteiger partial charge in [0, 0.05) is 17.9 Å². The third-order valence-corrected chi connectivity index (χ3v) is 4.07. The van der Waals surface area contributed by atoms with E-state index in [0.29, 0.717) is 12.2 Å². The van der Waals surface area contributed by atoms with Gasteiger partial charge in [-0.3, -0.25) is 4.90 Å². The molecule has 1 N–H and O–H groups in total. The van der Waals surface area contributed by atoms with E-state index in [4.69, 9.17) is 11.6 Å². The number of aryl methyl sites for hydroxylation is 1. The number of anilines is 2. The van der Waals surface area contributed by atoms with E-state index in [1.165, 1.54) is 23.8 Å². The number of hydrogen-bond acceptors (Lipinski definition) is 1. The molecule has 0 fully saturated rings. The number of halogens is 2. The van der Waals surface area contributed by atoms with E-state index in [2.05, 4.69) is 11.4 Å². The molecule has 0 saturated heterocycles. The van der Waals surface area contributed by atoms with Gasteiger partial charge < -0.3 is 5.32 Å². The average molecular weight is 319 g/mol. The van der Waals surface area contributed by atoms with E-state index in [0.717, 1.165) is 24.9 Å². The molecule has 0 spiro atoms. The number of amides is 2. The van der Waals surface area contributed by atoms with Crippen LogP contribution in [0.3, 0.4) is 0 Å². The summed E-state index contributed by atoms with van der Waals surface area (Å²) in [5.74, 6) is -0.500. The van der Waals surface area contributed by atoms with Crippen LogP contribution >= 0.6 is 11.6 Å². The Morgan fingerprint density at radius 2 is 2.00 bits per heavy atom. The standard InChI is InChI=1S/C17H16ClFN2O/c18-14-11-13(8-9-15(14)19)20-17(22)21-10-4-3-6-12-5-1-2-7-16(12)21/h1-2,5,7-9,11H,3-4,6,10H2,(H,20,22). The van der Waals surface area contributed by atoms with Crippen molar-refractivity contribution >= 4 is 29.0 Å². The summed E-state index contributed by atoms with van der Waals surface area (Å²) in [6.07, 6.45) is 2.98. The van der Waals surface area contributed by atoms with E-state index in [1.54, 1.807) is 4.90 Å². The number of hydrogen-bond donors (Lipinski definition) is 1. The molecule has 0 unspecified atom stereocenters. The van der Waals surface area contributed by atoms with E-state index >= 15 is 0 Å². The first-order valence-corrected chi connectivity index (χ1v) is 7.64.